The summed E-state index contributed by atoms with van der Waals surface area (Å²) < 4.78 is 13.0. The number of hydrogen-bond donors (Lipinski definition) is 2. The van der Waals surface area contributed by atoms with E-state index in [4.69, 9.17) is 0 Å². The molecule has 20 heavy (non-hydrogen) atoms. The lowest BCUT2D eigenvalue weighted by Crippen LogP contribution is -2.26. The largest absolute Gasteiger partial charge is 0.352 e. The Kier molecular flexibility index (Phi) is 4.68. The van der Waals surface area contributed by atoms with Crippen LogP contribution in [-0.4, -0.2) is 17.4 Å². The summed E-state index contributed by atoms with van der Waals surface area (Å²) in [6, 6.07) is 7.59. The van der Waals surface area contributed by atoms with Gasteiger partial charge in [0.15, 0.2) is 0 Å². The zero-order valence-corrected chi connectivity index (χ0v) is 12.0. The number of hydrogen-bond acceptors (Lipinski definition) is 2. The van der Waals surface area contributed by atoms with Crippen LogP contribution in [0.4, 0.5) is 4.39 Å². The molecule has 0 radical (unpaired) electrons. The highest BCUT2D eigenvalue weighted by Gasteiger charge is 2.07. The van der Waals surface area contributed by atoms with Crippen molar-refractivity contribution in [2.24, 2.45) is 0 Å². The summed E-state index contributed by atoms with van der Waals surface area (Å²) in [5.74, 6) is -0.556. The first-order valence-electron chi connectivity index (χ1n) is 5.97. The zero-order chi connectivity index (χ0) is 14.5. The van der Waals surface area contributed by atoms with Gasteiger partial charge in [0.2, 0.25) is 0 Å². The van der Waals surface area contributed by atoms with E-state index in [2.05, 4.69) is 26.2 Å². The molecule has 2 rings (SSSR count). The minimum Gasteiger partial charge on any atom is -0.352 e. The van der Waals surface area contributed by atoms with E-state index in [1.165, 1.54) is 24.4 Å². The summed E-state index contributed by atoms with van der Waals surface area (Å²) >= 11 is 3.07. The Hall–Kier alpha value is -1.95. The molecule has 0 saturated heterocycles. The molecule has 6 heteroatoms. The van der Waals surface area contributed by atoms with Crippen molar-refractivity contribution in [1.29, 1.82) is 0 Å². The van der Waals surface area contributed by atoms with E-state index in [-0.39, 0.29) is 17.3 Å². The minimum atomic E-state index is -0.284. The predicted octanol–water partition coefficient (Wildman–Crippen LogP) is 2.25. The molecule has 1 aromatic heterocycles. The molecule has 0 aliphatic carbocycles. The Morgan fingerprint density at radius 1 is 1.30 bits per heavy atom. The topological polar surface area (TPSA) is 62.0 Å². The summed E-state index contributed by atoms with van der Waals surface area (Å²) in [7, 11) is 0. The van der Waals surface area contributed by atoms with Crippen molar-refractivity contribution in [3.8, 4) is 0 Å². The summed E-state index contributed by atoms with van der Waals surface area (Å²) in [5.41, 5.74) is 1.03. The molecule has 0 atom stereocenters. The molecule has 2 N–H and O–H groups in total. The third-order valence-corrected chi connectivity index (χ3v) is 3.32. The van der Waals surface area contributed by atoms with Gasteiger partial charge in [0.05, 0.1) is 10.0 Å². The van der Waals surface area contributed by atoms with Crippen LogP contribution in [0.25, 0.3) is 0 Å². The van der Waals surface area contributed by atoms with Crippen molar-refractivity contribution in [2.75, 3.05) is 6.54 Å². The first kappa shape index (κ1) is 14.5. The second-order valence-corrected chi connectivity index (χ2v) is 5.05. The summed E-state index contributed by atoms with van der Waals surface area (Å²) in [6.45, 7) is 0.432. The first-order chi connectivity index (χ1) is 9.56. The maximum absolute atomic E-state index is 12.7. The fourth-order valence-corrected chi connectivity index (χ4v) is 2.02. The van der Waals surface area contributed by atoms with Crippen molar-refractivity contribution in [3.05, 3.63) is 68.3 Å². The number of amides is 1. The molecule has 1 amide bonds. The van der Waals surface area contributed by atoms with Crippen LogP contribution in [0.1, 0.15) is 15.9 Å². The van der Waals surface area contributed by atoms with Crippen LogP contribution in [0.2, 0.25) is 0 Å². The average Bonchev–Trinajstić information content (AvgIpc) is 2.44. The van der Waals surface area contributed by atoms with Crippen molar-refractivity contribution in [2.45, 2.75) is 6.42 Å². The molecule has 4 nitrogen and oxygen atoms in total. The number of benzene rings is 1. The molecule has 1 heterocycles. The second kappa shape index (κ2) is 6.47. The van der Waals surface area contributed by atoms with Gasteiger partial charge in [-0.15, -0.1) is 0 Å². The van der Waals surface area contributed by atoms with Gasteiger partial charge in [0.25, 0.3) is 11.5 Å². The quantitative estimate of drug-likeness (QED) is 0.898. The summed E-state index contributed by atoms with van der Waals surface area (Å²) in [5, 5.41) is 2.73. The van der Waals surface area contributed by atoms with Crippen LogP contribution >= 0.6 is 15.9 Å². The average molecular weight is 339 g/mol. The second-order valence-electron chi connectivity index (χ2n) is 4.20. The van der Waals surface area contributed by atoms with E-state index in [9.17, 15) is 14.0 Å². The zero-order valence-electron chi connectivity index (χ0n) is 10.5. The SMILES string of the molecule is O=C(NCCc1ccc(F)cc1)c1c[nH]c(=O)c(Br)c1. The lowest BCUT2D eigenvalue weighted by Gasteiger charge is -2.05. The van der Waals surface area contributed by atoms with Crippen LogP contribution in [0, 0.1) is 5.82 Å². The highest BCUT2D eigenvalue weighted by molar-refractivity contribution is 9.10. The van der Waals surface area contributed by atoms with E-state index in [1.807, 2.05) is 0 Å². The standard InChI is InChI=1S/C14H12BrFN2O2/c15-12-7-10(8-18-14(12)20)13(19)17-6-5-9-1-3-11(16)4-2-9/h1-4,7-8H,5-6H2,(H,17,19)(H,18,20). The molecule has 104 valence electrons. The van der Waals surface area contributed by atoms with Gasteiger partial charge in [0.1, 0.15) is 5.82 Å². The third kappa shape index (κ3) is 3.77. The molecule has 0 saturated carbocycles. The Morgan fingerprint density at radius 2 is 2.00 bits per heavy atom. The van der Waals surface area contributed by atoms with Crippen LogP contribution in [0.3, 0.4) is 0 Å². The van der Waals surface area contributed by atoms with Gasteiger partial charge in [0, 0.05) is 12.7 Å². The fourth-order valence-electron chi connectivity index (χ4n) is 1.66. The Labute approximate surface area is 123 Å². The number of aromatic amines is 1. The normalized spacial score (nSPS) is 10.3. The highest BCUT2D eigenvalue weighted by Crippen LogP contribution is 2.06. The Balaban J connectivity index is 1.90. The fraction of sp³-hybridized carbons (Fsp3) is 0.143. The van der Waals surface area contributed by atoms with E-state index < -0.39 is 0 Å². The Morgan fingerprint density at radius 3 is 2.65 bits per heavy atom. The molecule has 0 aliphatic heterocycles. The lowest BCUT2D eigenvalue weighted by atomic mass is 10.1. The number of nitrogens with one attached hydrogen (secondary N) is 2. The number of aromatic nitrogens is 1. The smallest absolute Gasteiger partial charge is 0.262 e. The molecule has 2 aromatic rings. The molecule has 0 fully saturated rings. The predicted molar refractivity (Wildman–Crippen MR) is 77.2 cm³/mol. The maximum atomic E-state index is 12.7. The number of carbonyl (C=O) groups excluding carboxylic acids is 1. The molecular formula is C14H12BrFN2O2. The number of rotatable bonds is 4. The first-order valence-corrected chi connectivity index (χ1v) is 6.76. The molecule has 0 spiro atoms. The molecule has 1 aromatic carbocycles. The van der Waals surface area contributed by atoms with E-state index in [0.717, 1.165) is 5.56 Å². The lowest BCUT2D eigenvalue weighted by molar-refractivity contribution is 0.0953. The number of carbonyl (C=O) groups is 1. The maximum Gasteiger partial charge on any atom is 0.262 e. The monoisotopic (exact) mass is 338 g/mol. The van der Waals surface area contributed by atoms with Gasteiger partial charge in [-0.25, -0.2) is 4.39 Å². The molecule has 0 bridgehead atoms. The van der Waals surface area contributed by atoms with Crippen LogP contribution < -0.4 is 10.9 Å². The van der Waals surface area contributed by atoms with Crippen molar-refractivity contribution < 1.29 is 9.18 Å². The van der Waals surface area contributed by atoms with Crippen LogP contribution in [0.5, 0.6) is 0 Å². The Bertz CT molecular complexity index is 668. The molecule has 0 aliphatic rings. The summed E-state index contributed by atoms with van der Waals surface area (Å²) in [6.07, 6.45) is 1.97. The minimum absolute atomic E-state index is 0.274. The number of H-pyrrole nitrogens is 1. The van der Waals surface area contributed by atoms with E-state index >= 15 is 0 Å². The van der Waals surface area contributed by atoms with Gasteiger partial charge < -0.3 is 10.3 Å². The van der Waals surface area contributed by atoms with E-state index in [1.54, 1.807) is 12.1 Å². The van der Waals surface area contributed by atoms with Crippen molar-refractivity contribution in [3.63, 3.8) is 0 Å². The molecule has 0 unspecified atom stereocenters. The van der Waals surface area contributed by atoms with Crippen LogP contribution in [0.15, 0.2) is 45.8 Å². The van der Waals surface area contributed by atoms with Gasteiger partial charge >= 0.3 is 0 Å². The van der Waals surface area contributed by atoms with Gasteiger partial charge in [-0.2, -0.15) is 0 Å². The van der Waals surface area contributed by atoms with Gasteiger partial charge in [-0.05, 0) is 46.1 Å². The van der Waals surface area contributed by atoms with Gasteiger partial charge in [-0.3, -0.25) is 9.59 Å². The van der Waals surface area contributed by atoms with Crippen molar-refractivity contribution in [1.82, 2.24) is 10.3 Å². The summed E-state index contributed by atoms with van der Waals surface area (Å²) in [4.78, 5) is 25.5. The van der Waals surface area contributed by atoms with Gasteiger partial charge in [-0.1, -0.05) is 12.1 Å². The molecular weight excluding hydrogens is 327 g/mol. The number of pyridine rings is 1. The third-order valence-electron chi connectivity index (χ3n) is 2.73. The van der Waals surface area contributed by atoms with Crippen LogP contribution in [-0.2, 0) is 6.42 Å². The number of halogens is 2. The van der Waals surface area contributed by atoms with Crippen molar-refractivity contribution >= 4 is 21.8 Å². The highest BCUT2D eigenvalue weighted by atomic mass is 79.9. The van der Waals surface area contributed by atoms with E-state index in [0.29, 0.717) is 23.0 Å².